The van der Waals surface area contributed by atoms with Crippen LogP contribution in [0, 0.1) is 5.82 Å². The molecule has 2 aromatic rings. The van der Waals surface area contributed by atoms with Crippen LogP contribution in [0.15, 0.2) is 47.2 Å². The van der Waals surface area contributed by atoms with E-state index in [4.69, 9.17) is 0 Å². The lowest BCUT2D eigenvalue weighted by Crippen LogP contribution is -2.16. The molecule has 1 heterocycles. The van der Waals surface area contributed by atoms with E-state index in [0.717, 1.165) is 22.4 Å². The van der Waals surface area contributed by atoms with E-state index in [1.54, 1.807) is 24.5 Å². The molecule has 17 heavy (non-hydrogen) atoms. The van der Waals surface area contributed by atoms with Crippen LogP contribution in [-0.4, -0.2) is 11.5 Å². The Morgan fingerprint density at radius 3 is 2.53 bits per heavy atom. The minimum absolute atomic E-state index is 0.224. The summed E-state index contributed by atoms with van der Waals surface area (Å²) in [5.41, 5.74) is 1.98. The number of benzene rings is 1. The lowest BCUT2D eigenvalue weighted by Gasteiger charge is -2.24. The van der Waals surface area contributed by atoms with Crippen LogP contribution < -0.4 is 4.90 Å². The van der Waals surface area contributed by atoms with Crippen molar-refractivity contribution in [2.24, 2.45) is 0 Å². The van der Waals surface area contributed by atoms with E-state index in [9.17, 15) is 4.39 Å². The van der Waals surface area contributed by atoms with Crippen molar-refractivity contribution >= 4 is 27.3 Å². The highest BCUT2D eigenvalue weighted by molar-refractivity contribution is 9.10. The van der Waals surface area contributed by atoms with Gasteiger partial charge in [0.15, 0.2) is 0 Å². The Balaban J connectivity index is 2.40. The normalized spacial score (nSPS) is 10.3. The van der Waals surface area contributed by atoms with Gasteiger partial charge in [-0.2, -0.15) is 0 Å². The Labute approximate surface area is 108 Å². The number of pyridine rings is 1. The van der Waals surface area contributed by atoms with Gasteiger partial charge in [-0.25, -0.2) is 4.39 Å². The van der Waals surface area contributed by atoms with Gasteiger partial charge in [0.25, 0.3) is 0 Å². The third-order valence-electron chi connectivity index (χ3n) is 2.50. The molecule has 2 rings (SSSR count). The molecule has 0 aliphatic carbocycles. The summed E-state index contributed by atoms with van der Waals surface area (Å²) >= 11 is 3.47. The average Bonchev–Trinajstić information content (AvgIpc) is 2.35. The third kappa shape index (κ3) is 2.64. The quantitative estimate of drug-likeness (QED) is 0.846. The summed E-state index contributed by atoms with van der Waals surface area (Å²) < 4.78 is 13.8. The van der Waals surface area contributed by atoms with Crippen LogP contribution in [-0.2, 0) is 0 Å². The minimum atomic E-state index is -0.224. The molecule has 4 heteroatoms. The maximum absolute atomic E-state index is 12.9. The zero-order chi connectivity index (χ0) is 12.3. The minimum Gasteiger partial charge on any atom is -0.341 e. The average molecular weight is 295 g/mol. The highest BCUT2D eigenvalue weighted by Crippen LogP contribution is 2.30. The van der Waals surface area contributed by atoms with Gasteiger partial charge >= 0.3 is 0 Å². The molecule has 1 aromatic heterocycles. The molecule has 0 N–H and O–H groups in total. The second-order valence-electron chi connectivity index (χ2n) is 3.55. The second kappa shape index (κ2) is 5.27. The number of nitrogens with zero attached hydrogens (tertiary/aromatic N) is 2. The largest absolute Gasteiger partial charge is 0.341 e. The van der Waals surface area contributed by atoms with Crippen LogP contribution in [0.3, 0.4) is 0 Å². The third-order valence-corrected chi connectivity index (χ3v) is 3.11. The first kappa shape index (κ1) is 12.0. The van der Waals surface area contributed by atoms with Gasteiger partial charge < -0.3 is 4.90 Å². The summed E-state index contributed by atoms with van der Waals surface area (Å²) in [6.45, 7) is 2.85. The van der Waals surface area contributed by atoms with E-state index in [2.05, 4.69) is 32.7 Å². The molecule has 0 bridgehead atoms. The zero-order valence-electron chi connectivity index (χ0n) is 9.40. The predicted octanol–water partition coefficient (Wildman–Crippen LogP) is 4.14. The number of aromatic nitrogens is 1. The highest BCUT2D eigenvalue weighted by Gasteiger charge is 2.10. The number of rotatable bonds is 3. The molecule has 0 atom stereocenters. The van der Waals surface area contributed by atoms with Crippen LogP contribution in [0.2, 0.25) is 0 Å². The zero-order valence-corrected chi connectivity index (χ0v) is 11.0. The molecule has 1 aromatic carbocycles. The van der Waals surface area contributed by atoms with Gasteiger partial charge in [-0.1, -0.05) is 0 Å². The maximum Gasteiger partial charge on any atom is 0.123 e. The van der Waals surface area contributed by atoms with Gasteiger partial charge in [-0.05, 0) is 53.2 Å². The number of anilines is 2. The Morgan fingerprint density at radius 2 is 1.94 bits per heavy atom. The summed E-state index contributed by atoms with van der Waals surface area (Å²) in [5, 5.41) is 0. The summed E-state index contributed by atoms with van der Waals surface area (Å²) in [5.74, 6) is -0.224. The summed E-state index contributed by atoms with van der Waals surface area (Å²) in [6, 6.07) is 8.40. The van der Waals surface area contributed by atoms with E-state index in [1.165, 1.54) is 12.1 Å². The van der Waals surface area contributed by atoms with E-state index in [-0.39, 0.29) is 5.82 Å². The van der Waals surface area contributed by atoms with E-state index < -0.39 is 0 Å². The molecule has 2 nitrogen and oxygen atoms in total. The van der Waals surface area contributed by atoms with Crippen molar-refractivity contribution in [1.82, 2.24) is 4.98 Å². The first-order valence-corrected chi connectivity index (χ1v) is 6.14. The second-order valence-corrected chi connectivity index (χ2v) is 4.40. The van der Waals surface area contributed by atoms with Crippen molar-refractivity contribution in [3.05, 3.63) is 53.0 Å². The van der Waals surface area contributed by atoms with Gasteiger partial charge in [-0.3, -0.25) is 4.98 Å². The van der Waals surface area contributed by atoms with Gasteiger partial charge in [0.05, 0.1) is 10.2 Å². The monoisotopic (exact) mass is 294 g/mol. The van der Waals surface area contributed by atoms with Crippen molar-refractivity contribution in [3.63, 3.8) is 0 Å². The number of halogens is 2. The Morgan fingerprint density at radius 1 is 1.24 bits per heavy atom. The summed E-state index contributed by atoms with van der Waals surface area (Å²) in [6.07, 6.45) is 3.49. The van der Waals surface area contributed by atoms with Crippen LogP contribution in [0.4, 0.5) is 15.8 Å². The SMILES string of the molecule is CCN(c1ccc(F)cc1)c1ccncc1Br. The van der Waals surface area contributed by atoms with Crippen molar-refractivity contribution in [3.8, 4) is 0 Å². The molecule has 0 saturated heterocycles. The van der Waals surface area contributed by atoms with E-state index >= 15 is 0 Å². The lowest BCUT2D eigenvalue weighted by molar-refractivity contribution is 0.628. The first-order valence-electron chi connectivity index (χ1n) is 5.35. The molecule has 0 unspecified atom stereocenters. The Bertz CT molecular complexity index is 499. The van der Waals surface area contributed by atoms with Gasteiger partial charge in [-0.15, -0.1) is 0 Å². The standard InChI is InChI=1S/C13H12BrFN2/c1-2-17(11-5-3-10(15)4-6-11)13-7-8-16-9-12(13)14/h3-9H,2H2,1H3. The maximum atomic E-state index is 12.9. The van der Waals surface area contributed by atoms with Gasteiger partial charge in [0, 0.05) is 24.6 Å². The van der Waals surface area contributed by atoms with Crippen LogP contribution in [0.25, 0.3) is 0 Å². The highest BCUT2D eigenvalue weighted by atomic mass is 79.9. The lowest BCUT2D eigenvalue weighted by atomic mass is 10.2. The van der Waals surface area contributed by atoms with E-state index in [0.29, 0.717) is 0 Å². The molecule has 0 fully saturated rings. The van der Waals surface area contributed by atoms with Crippen LogP contribution >= 0.6 is 15.9 Å². The van der Waals surface area contributed by atoms with E-state index in [1.807, 2.05) is 6.07 Å². The fraction of sp³-hybridized carbons (Fsp3) is 0.154. The molecule has 0 amide bonds. The number of hydrogen-bond donors (Lipinski definition) is 0. The van der Waals surface area contributed by atoms with Crippen LogP contribution in [0.5, 0.6) is 0 Å². The Hall–Kier alpha value is -1.42. The predicted molar refractivity (Wildman–Crippen MR) is 71.0 cm³/mol. The van der Waals surface area contributed by atoms with Crippen LogP contribution in [0.1, 0.15) is 6.92 Å². The smallest absolute Gasteiger partial charge is 0.123 e. The first-order chi connectivity index (χ1) is 8.22. The fourth-order valence-corrected chi connectivity index (χ4v) is 2.16. The summed E-state index contributed by atoms with van der Waals surface area (Å²) in [4.78, 5) is 6.12. The van der Waals surface area contributed by atoms with Crippen molar-refractivity contribution in [1.29, 1.82) is 0 Å². The van der Waals surface area contributed by atoms with Crippen molar-refractivity contribution in [2.75, 3.05) is 11.4 Å². The molecule has 0 saturated carbocycles. The molecule has 0 aliphatic heterocycles. The molecule has 0 aliphatic rings. The fourth-order valence-electron chi connectivity index (χ4n) is 1.70. The summed E-state index contributed by atoms with van der Waals surface area (Å²) in [7, 11) is 0. The van der Waals surface area contributed by atoms with Gasteiger partial charge in [0.1, 0.15) is 5.82 Å². The van der Waals surface area contributed by atoms with Crippen molar-refractivity contribution in [2.45, 2.75) is 6.92 Å². The van der Waals surface area contributed by atoms with Crippen molar-refractivity contribution < 1.29 is 4.39 Å². The molecule has 0 spiro atoms. The molecular weight excluding hydrogens is 283 g/mol. The molecule has 88 valence electrons. The molecule has 0 radical (unpaired) electrons. The van der Waals surface area contributed by atoms with Gasteiger partial charge in [0.2, 0.25) is 0 Å². The molecular formula is C13H12BrFN2. The number of hydrogen-bond acceptors (Lipinski definition) is 2. The topological polar surface area (TPSA) is 16.1 Å². The Kier molecular flexibility index (Phi) is 3.74.